The first-order chi connectivity index (χ1) is 14.1. The van der Waals surface area contributed by atoms with E-state index < -0.39 is 47.6 Å². The Bertz CT molecular complexity index is 1000. The van der Waals surface area contributed by atoms with E-state index in [0.29, 0.717) is 10.7 Å². The molecule has 10 heteroatoms. The molecule has 2 fully saturated rings. The lowest BCUT2D eigenvalue weighted by Crippen LogP contribution is -2.68. The molecule has 172 valence electrons. The van der Waals surface area contributed by atoms with Crippen LogP contribution < -0.4 is 0 Å². The highest BCUT2D eigenvalue weighted by Crippen LogP contribution is 2.66. The predicted molar refractivity (Wildman–Crippen MR) is 114 cm³/mol. The zero-order valence-electron chi connectivity index (χ0n) is 18.3. The molecule has 1 saturated carbocycles. The van der Waals surface area contributed by atoms with Crippen molar-refractivity contribution >= 4 is 24.1 Å². The van der Waals surface area contributed by atoms with E-state index in [1.807, 2.05) is 5.70 Å². The van der Waals surface area contributed by atoms with Gasteiger partial charge in [-0.05, 0) is 43.2 Å². The number of ether oxygens (including phenoxy) is 1. The molecule has 1 aromatic carbocycles. The fraction of sp³-hybridized carbons (Fsp3) is 0.571. The lowest BCUT2D eigenvalue weighted by molar-refractivity contribution is -0.236. The van der Waals surface area contributed by atoms with E-state index in [4.69, 9.17) is 0 Å². The standard InChI is InChI=1S/C21H28F3NO4SSi/c1-15-6-8-17(9-7-15)30(27,28)25-13-16-12-19(16,10-11-31(3,4)5)14-20(25,18(26)29-2)21(22,23)24/h6-11,16H,12-14H2,1-5H3/b11-10-. The molecule has 3 unspecified atom stereocenters. The summed E-state index contributed by atoms with van der Waals surface area (Å²) in [4.78, 5) is 12.4. The van der Waals surface area contributed by atoms with Gasteiger partial charge < -0.3 is 4.74 Å². The van der Waals surface area contributed by atoms with Crippen LogP contribution in [-0.4, -0.2) is 52.1 Å². The second-order valence-electron chi connectivity index (χ2n) is 9.71. The molecule has 31 heavy (non-hydrogen) atoms. The topological polar surface area (TPSA) is 63.7 Å². The number of allylic oxidation sites excluding steroid dienone is 1. The van der Waals surface area contributed by atoms with Gasteiger partial charge in [-0.2, -0.15) is 17.5 Å². The minimum Gasteiger partial charge on any atom is -0.467 e. The van der Waals surface area contributed by atoms with E-state index in [9.17, 15) is 26.4 Å². The number of rotatable bonds is 5. The molecule has 1 aliphatic carbocycles. The third kappa shape index (κ3) is 4.09. The number of aryl methyl sites for hydroxylation is 1. The smallest absolute Gasteiger partial charge is 0.418 e. The predicted octanol–water partition coefficient (Wildman–Crippen LogP) is 4.30. The Balaban J connectivity index is 2.16. The number of carbonyl (C=O) groups excluding carboxylic acids is 1. The summed E-state index contributed by atoms with van der Waals surface area (Å²) in [5, 5.41) is 0. The number of benzene rings is 1. The molecule has 3 atom stereocenters. The minimum absolute atomic E-state index is 0.276. The minimum atomic E-state index is -5.15. The van der Waals surface area contributed by atoms with Crippen LogP contribution in [-0.2, 0) is 19.6 Å². The molecular weight excluding hydrogens is 447 g/mol. The average molecular weight is 476 g/mol. The number of nitrogens with zero attached hydrogens (tertiary/aromatic N) is 1. The number of hydrogen-bond donors (Lipinski definition) is 0. The van der Waals surface area contributed by atoms with Gasteiger partial charge in [0.1, 0.15) is 0 Å². The van der Waals surface area contributed by atoms with Gasteiger partial charge in [0.15, 0.2) is 0 Å². The molecule has 0 radical (unpaired) electrons. The van der Waals surface area contributed by atoms with Gasteiger partial charge in [0, 0.05) is 6.54 Å². The van der Waals surface area contributed by atoms with Crippen LogP contribution in [0.3, 0.4) is 0 Å². The zero-order chi connectivity index (χ0) is 23.5. The maximum atomic E-state index is 14.6. The van der Waals surface area contributed by atoms with Crippen molar-refractivity contribution in [2.24, 2.45) is 11.3 Å². The van der Waals surface area contributed by atoms with E-state index in [0.717, 1.165) is 12.7 Å². The van der Waals surface area contributed by atoms with Crippen molar-refractivity contribution in [1.29, 1.82) is 0 Å². The van der Waals surface area contributed by atoms with Crippen molar-refractivity contribution in [1.82, 2.24) is 4.31 Å². The highest BCUT2D eigenvalue weighted by molar-refractivity contribution is 7.89. The summed E-state index contributed by atoms with van der Waals surface area (Å²) < 4.78 is 75.5. The van der Waals surface area contributed by atoms with Crippen LogP contribution in [0.25, 0.3) is 0 Å². The third-order valence-electron chi connectivity index (χ3n) is 6.19. The number of sulfonamides is 1. The molecule has 5 nitrogen and oxygen atoms in total. The first kappa shape index (κ1) is 24.0. The molecule has 0 spiro atoms. The molecule has 0 aromatic heterocycles. The summed E-state index contributed by atoms with van der Waals surface area (Å²) in [6.07, 6.45) is -3.62. The number of fused-ring (bicyclic) bond motifs is 1. The van der Waals surface area contributed by atoms with Crippen molar-refractivity contribution in [2.75, 3.05) is 13.7 Å². The first-order valence-corrected chi connectivity index (χ1v) is 15.1. The van der Waals surface area contributed by atoms with Crippen molar-refractivity contribution in [3.05, 3.63) is 41.6 Å². The highest BCUT2D eigenvalue weighted by Gasteiger charge is 2.76. The van der Waals surface area contributed by atoms with Crippen molar-refractivity contribution in [2.45, 2.75) is 56.0 Å². The summed E-state index contributed by atoms with van der Waals surface area (Å²) in [6.45, 7) is 7.54. The fourth-order valence-corrected chi connectivity index (χ4v) is 6.90. The largest absolute Gasteiger partial charge is 0.467 e. The Morgan fingerprint density at radius 3 is 2.29 bits per heavy atom. The summed E-state index contributed by atoms with van der Waals surface area (Å²) in [5.74, 6) is -1.87. The van der Waals surface area contributed by atoms with E-state index in [1.54, 1.807) is 13.0 Å². The number of piperidine rings is 1. The monoisotopic (exact) mass is 475 g/mol. The molecule has 0 bridgehead atoms. The lowest BCUT2D eigenvalue weighted by Gasteiger charge is -2.46. The molecule has 0 amide bonds. The van der Waals surface area contributed by atoms with E-state index in [1.165, 1.54) is 24.3 Å². The van der Waals surface area contributed by atoms with E-state index in [2.05, 4.69) is 24.4 Å². The lowest BCUT2D eigenvalue weighted by atomic mass is 9.80. The number of carbonyl (C=O) groups is 1. The van der Waals surface area contributed by atoms with Crippen LogP contribution in [0.1, 0.15) is 18.4 Å². The van der Waals surface area contributed by atoms with Crippen LogP contribution in [0.15, 0.2) is 40.9 Å². The highest BCUT2D eigenvalue weighted by atomic mass is 32.2. The normalized spacial score (nSPS) is 29.6. The van der Waals surface area contributed by atoms with Crippen LogP contribution in [0, 0.1) is 18.3 Å². The fourth-order valence-electron chi connectivity index (χ4n) is 4.30. The van der Waals surface area contributed by atoms with Gasteiger partial charge in [-0.15, -0.1) is 0 Å². The van der Waals surface area contributed by atoms with Crippen molar-refractivity contribution in [3.8, 4) is 0 Å². The van der Waals surface area contributed by atoms with Gasteiger partial charge in [0.05, 0.1) is 20.1 Å². The third-order valence-corrected chi connectivity index (χ3v) is 9.27. The Labute approximate surface area is 182 Å². The second-order valence-corrected chi connectivity index (χ2v) is 16.6. The van der Waals surface area contributed by atoms with Gasteiger partial charge in [-0.3, -0.25) is 0 Å². The van der Waals surface area contributed by atoms with Gasteiger partial charge in [0.2, 0.25) is 15.6 Å². The van der Waals surface area contributed by atoms with Gasteiger partial charge >= 0.3 is 12.1 Å². The van der Waals surface area contributed by atoms with Crippen molar-refractivity contribution in [3.63, 3.8) is 0 Å². The molecule has 1 aromatic rings. The molecule has 1 saturated heterocycles. The van der Waals surface area contributed by atoms with Crippen molar-refractivity contribution < 1.29 is 31.1 Å². The molecule has 2 aliphatic rings. The summed E-state index contributed by atoms with van der Waals surface area (Å²) >= 11 is 0. The number of hydrogen-bond acceptors (Lipinski definition) is 4. The van der Waals surface area contributed by atoms with E-state index >= 15 is 0 Å². The van der Waals surface area contributed by atoms with Gasteiger partial charge in [0.25, 0.3) is 0 Å². The van der Waals surface area contributed by atoms with Gasteiger partial charge in [-0.1, -0.05) is 49.1 Å². The maximum absolute atomic E-state index is 14.6. The van der Waals surface area contributed by atoms with Crippen LogP contribution in [0.2, 0.25) is 19.6 Å². The summed E-state index contributed by atoms with van der Waals surface area (Å²) in [7, 11) is -5.46. The Hall–Kier alpha value is -1.65. The average Bonchev–Trinajstić information content (AvgIpc) is 3.37. The second kappa shape index (κ2) is 7.45. The molecule has 0 N–H and O–H groups in total. The quantitative estimate of drug-likeness (QED) is 0.471. The van der Waals surface area contributed by atoms with Crippen LogP contribution in [0.5, 0.6) is 0 Å². The van der Waals surface area contributed by atoms with Crippen LogP contribution in [0.4, 0.5) is 13.2 Å². The zero-order valence-corrected chi connectivity index (χ0v) is 20.1. The number of halogens is 3. The number of alkyl halides is 3. The SMILES string of the molecule is COC(=O)C1(C(F)(F)F)CC2(/C=C\[Si](C)(C)C)CC2CN1S(=O)(=O)c1ccc(C)cc1. The van der Waals surface area contributed by atoms with Gasteiger partial charge in [-0.25, -0.2) is 13.2 Å². The molecule has 1 heterocycles. The number of esters is 1. The summed E-state index contributed by atoms with van der Waals surface area (Å²) in [6, 6.07) is 5.57. The van der Waals surface area contributed by atoms with Crippen LogP contribution >= 0.6 is 0 Å². The Morgan fingerprint density at radius 2 is 1.81 bits per heavy atom. The Morgan fingerprint density at radius 1 is 1.23 bits per heavy atom. The summed E-state index contributed by atoms with van der Waals surface area (Å²) in [5.41, 5.74) is -1.40. The maximum Gasteiger partial charge on any atom is 0.418 e. The number of methoxy groups -OCH3 is 1. The molecular formula is C21H28F3NO4SSi. The molecule has 1 aliphatic heterocycles. The Kier molecular flexibility index (Phi) is 5.77. The molecule has 3 rings (SSSR count). The van der Waals surface area contributed by atoms with E-state index in [-0.39, 0.29) is 17.4 Å². The first-order valence-electron chi connectivity index (χ1n) is 10.0.